The summed E-state index contributed by atoms with van der Waals surface area (Å²) < 4.78 is 34.9. The molecule has 1 aliphatic heterocycles. The van der Waals surface area contributed by atoms with E-state index >= 15 is 0 Å². The Morgan fingerprint density at radius 3 is 2.30 bits per heavy atom. The van der Waals surface area contributed by atoms with Crippen LogP contribution in [0.1, 0.15) is 42.1 Å². The molecule has 0 bridgehead atoms. The molecular formula is C23H29NO5S. The van der Waals surface area contributed by atoms with Crippen LogP contribution in [0.2, 0.25) is 0 Å². The molecule has 2 aromatic carbocycles. The van der Waals surface area contributed by atoms with Crippen LogP contribution in [0.3, 0.4) is 0 Å². The molecule has 1 aliphatic rings. The molecule has 1 fully saturated rings. The van der Waals surface area contributed by atoms with Crippen molar-refractivity contribution in [1.29, 1.82) is 0 Å². The predicted octanol–water partition coefficient (Wildman–Crippen LogP) is 3.70. The van der Waals surface area contributed by atoms with Gasteiger partial charge in [0.15, 0.2) is 9.84 Å². The van der Waals surface area contributed by atoms with Gasteiger partial charge in [-0.25, -0.2) is 8.42 Å². The maximum Gasteiger partial charge on any atom is 0.254 e. The fraction of sp³-hybridized carbons (Fsp3) is 0.435. The van der Waals surface area contributed by atoms with Crippen LogP contribution in [0.5, 0.6) is 11.5 Å². The summed E-state index contributed by atoms with van der Waals surface area (Å²) in [4.78, 5) is 15.0. The molecule has 0 N–H and O–H groups in total. The number of carbonyl (C=O) groups excluding carboxylic acids is 1. The first-order chi connectivity index (χ1) is 14.4. The molecular weight excluding hydrogens is 402 g/mol. The molecule has 2 aromatic rings. The highest BCUT2D eigenvalue weighted by molar-refractivity contribution is 7.91. The number of benzene rings is 2. The molecule has 1 heterocycles. The van der Waals surface area contributed by atoms with Crippen LogP contribution in [0.25, 0.3) is 0 Å². The van der Waals surface area contributed by atoms with E-state index < -0.39 is 9.84 Å². The summed E-state index contributed by atoms with van der Waals surface area (Å²) in [6.45, 7) is 3.09. The number of unbranched alkanes of at least 4 members (excludes halogenated alkanes) is 1. The van der Waals surface area contributed by atoms with Gasteiger partial charge in [-0.1, -0.05) is 25.5 Å². The maximum absolute atomic E-state index is 13.3. The van der Waals surface area contributed by atoms with E-state index in [-0.39, 0.29) is 23.5 Å². The van der Waals surface area contributed by atoms with Crippen LogP contribution in [-0.2, 0) is 16.4 Å². The molecule has 1 saturated heterocycles. The van der Waals surface area contributed by atoms with Gasteiger partial charge >= 0.3 is 0 Å². The van der Waals surface area contributed by atoms with Crippen molar-refractivity contribution >= 4 is 15.7 Å². The SMILES string of the molecule is CCCCOc1ccc(C(=O)N(Cc2ccc(OC)cc2)[C@H]2CCS(=O)(=O)C2)cc1. The standard InChI is InChI=1S/C23H29NO5S/c1-3-4-14-29-22-11-7-19(8-12-22)23(25)24(20-13-15-30(26,27)17-20)16-18-5-9-21(28-2)10-6-18/h5-12,20H,3-4,13-17H2,1-2H3/t20-/m0/s1. The first kappa shape index (κ1) is 22.2. The van der Waals surface area contributed by atoms with Gasteiger partial charge in [0.2, 0.25) is 0 Å². The average molecular weight is 432 g/mol. The summed E-state index contributed by atoms with van der Waals surface area (Å²) in [6, 6.07) is 14.2. The van der Waals surface area contributed by atoms with Gasteiger partial charge in [0, 0.05) is 18.2 Å². The minimum Gasteiger partial charge on any atom is -0.497 e. The highest BCUT2D eigenvalue weighted by Crippen LogP contribution is 2.24. The summed E-state index contributed by atoms with van der Waals surface area (Å²) in [7, 11) is -1.51. The lowest BCUT2D eigenvalue weighted by Gasteiger charge is -2.28. The molecule has 1 atom stereocenters. The Hall–Kier alpha value is -2.54. The van der Waals surface area contributed by atoms with Crippen LogP contribution >= 0.6 is 0 Å². The average Bonchev–Trinajstić information content (AvgIpc) is 3.12. The van der Waals surface area contributed by atoms with Crippen LogP contribution in [-0.4, -0.2) is 50.5 Å². The molecule has 0 radical (unpaired) electrons. The molecule has 162 valence electrons. The lowest BCUT2D eigenvalue weighted by molar-refractivity contribution is 0.0681. The van der Waals surface area contributed by atoms with Crippen molar-refractivity contribution in [3.63, 3.8) is 0 Å². The smallest absolute Gasteiger partial charge is 0.254 e. The predicted molar refractivity (Wildman–Crippen MR) is 117 cm³/mol. The number of ether oxygens (including phenoxy) is 2. The number of nitrogens with zero attached hydrogens (tertiary/aromatic N) is 1. The molecule has 0 unspecified atom stereocenters. The van der Waals surface area contributed by atoms with Crippen LogP contribution in [0, 0.1) is 0 Å². The van der Waals surface area contributed by atoms with E-state index in [1.54, 1.807) is 36.3 Å². The van der Waals surface area contributed by atoms with Gasteiger partial charge in [0.1, 0.15) is 11.5 Å². The van der Waals surface area contributed by atoms with Gasteiger partial charge in [-0.05, 0) is 54.8 Å². The number of amides is 1. The van der Waals surface area contributed by atoms with Crippen molar-refractivity contribution < 1.29 is 22.7 Å². The highest BCUT2D eigenvalue weighted by Gasteiger charge is 2.35. The van der Waals surface area contributed by atoms with Crippen LogP contribution in [0.4, 0.5) is 0 Å². The van der Waals surface area contributed by atoms with Gasteiger partial charge in [0.25, 0.3) is 5.91 Å². The molecule has 7 heteroatoms. The number of hydrogen-bond acceptors (Lipinski definition) is 5. The van der Waals surface area contributed by atoms with Crippen LogP contribution in [0.15, 0.2) is 48.5 Å². The Balaban J connectivity index is 1.79. The van der Waals surface area contributed by atoms with Crippen molar-refractivity contribution in [2.24, 2.45) is 0 Å². The fourth-order valence-corrected chi connectivity index (χ4v) is 5.24. The minimum atomic E-state index is -3.11. The molecule has 3 rings (SSSR count). The van der Waals surface area contributed by atoms with Crippen molar-refractivity contribution in [3.05, 3.63) is 59.7 Å². The second kappa shape index (κ2) is 9.98. The second-order valence-electron chi connectivity index (χ2n) is 7.56. The van der Waals surface area contributed by atoms with Gasteiger partial charge in [0.05, 0.1) is 25.2 Å². The maximum atomic E-state index is 13.3. The van der Waals surface area contributed by atoms with E-state index in [0.29, 0.717) is 25.1 Å². The monoisotopic (exact) mass is 431 g/mol. The van der Waals surface area contributed by atoms with Crippen LogP contribution < -0.4 is 9.47 Å². The minimum absolute atomic E-state index is 0.00705. The topological polar surface area (TPSA) is 72.9 Å². The van der Waals surface area contributed by atoms with Crippen molar-refractivity contribution in [2.75, 3.05) is 25.2 Å². The lowest BCUT2D eigenvalue weighted by atomic mass is 10.1. The summed E-state index contributed by atoms with van der Waals surface area (Å²) >= 11 is 0. The van der Waals surface area contributed by atoms with E-state index in [9.17, 15) is 13.2 Å². The quantitative estimate of drug-likeness (QED) is 0.566. The molecule has 0 saturated carbocycles. The zero-order valence-corrected chi connectivity index (χ0v) is 18.4. The highest BCUT2D eigenvalue weighted by atomic mass is 32.2. The third kappa shape index (κ3) is 5.75. The molecule has 0 spiro atoms. The Kier molecular flexibility index (Phi) is 7.37. The lowest BCUT2D eigenvalue weighted by Crippen LogP contribution is -2.40. The summed E-state index contributed by atoms with van der Waals surface area (Å²) in [5, 5.41) is 0. The molecule has 6 nitrogen and oxygen atoms in total. The molecule has 0 aromatic heterocycles. The number of hydrogen-bond donors (Lipinski definition) is 0. The first-order valence-corrected chi connectivity index (χ1v) is 12.1. The summed E-state index contributed by atoms with van der Waals surface area (Å²) in [6.07, 6.45) is 2.50. The molecule has 0 aliphatic carbocycles. The second-order valence-corrected chi connectivity index (χ2v) is 9.79. The van der Waals surface area contributed by atoms with Crippen molar-refractivity contribution in [2.45, 2.75) is 38.8 Å². The number of rotatable bonds is 9. The summed E-state index contributed by atoms with van der Waals surface area (Å²) in [5.41, 5.74) is 1.45. The Labute approximate surface area is 178 Å². The Bertz CT molecular complexity index is 939. The van der Waals surface area contributed by atoms with Gasteiger partial charge in [-0.15, -0.1) is 0 Å². The van der Waals surface area contributed by atoms with E-state index in [1.807, 2.05) is 24.3 Å². The van der Waals surface area contributed by atoms with E-state index in [0.717, 1.165) is 29.9 Å². The third-order valence-electron chi connectivity index (χ3n) is 5.29. The zero-order chi connectivity index (χ0) is 21.6. The Morgan fingerprint density at radius 2 is 1.73 bits per heavy atom. The third-order valence-corrected chi connectivity index (χ3v) is 7.04. The van der Waals surface area contributed by atoms with Gasteiger partial charge < -0.3 is 14.4 Å². The van der Waals surface area contributed by atoms with E-state index in [2.05, 4.69) is 6.92 Å². The van der Waals surface area contributed by atoms with Crippen molar-refractivity contribution in [1.82, 2.24) is 4.90 Å². The van der Waals surface area contributed by atoms with E-state index in [4.69, 9.17) is 9.47 Å². The number of methoxy groups -OCH3 is 1. The fourth-order valence-electron chi connectivity index (χ4n) is 3.51. The molecule has 1 amide bonds. The van der Waals surface area contributed by atoms with E-state index in [1.165, 1.54) is 0 Å². The zero-order valence-electron chi connectivity index (χ0n) is 17.5. The van der Waals surface area contributed by atoms with Gasteiger partial charge in [-0.2, -0.15) is 0 Å². The Morgan fingerprint density at radius 1 is 1.07 bits per heavy atom. The number of carbonyl (C=O) groups is 1. The number of sulfone groups is 1. The largest absolute Gasteiger partial charge is 0.497 e. The molecule has 30 heavy (non-hydrogen) atoms. The van der Waals surface area contributed by atoms with Gasteiger partial charge in [-0.3, -0.25) is 4.79 Å². The first-order valence-electron chi connectivity index (χ1n) is 10.3. The summed E-state index contributed by atoms with van der Waals surface area (Å²) in [5.74, 6) is 1.42. The normalized spacial score (nSPS) is 17.5. The van der Waals surface area contributed by atoms with Crippen molar-refractivity contribution in [3.8, 4) is 11.5 Å².